The van der Waals surface area contributed by atoms with Gasteiger partial charge in [-0.3, -0.25) is 0 Å². The number of hydrogen-bond acceptors (Lipinski definition) is 3. The van der Waals surface area contributed by atoms with Gasteiger partial charge in [0.25, 0.3) is 0 Å². The molecular weight excluding hydrogens is 274 g/mol. The Kier molecular flexibility index (Phi) is 7.61. The average molecular weight is 303 g/mol. The Balaban J connectivity index is 2.97. The molecule has 0 radical (unpaired) electrons. The summed E-state index contributed by atoms with van der Waals surface area (Å²) in [6.45, 7) is 6.45. The molecule has 0 heterocycles. The lowest BCUT2D eigenvalue weighted by molar-refractivity contribution is 0.0807. The first-order chi connectivity index (χ1) is 10.5. The predicted molar refractivity (Wildman–Crippen MR) is 91.3 cm³/mol. The second-order valence-corrected chi connectivity index (χ2v) is 6.06. The zero-order valence-electron chi connectivity index (χ0n) is 14.0. The second-order valence-electron chi connectivity index (χ2n) is 6.06. The van der Waals surface area contributed by atoms with Gasteiger partial charge >= 0.3 is 0 Å². The van der Waals surface area contributed by atoms with E-state index in [1.54, 1.807) is 0 Å². The molecule has 0 aliphatic rings. The summed E-state index contributed by atoms with van der Waals surface area (Å²) in [5.74, 6) is 6.09. The summed E-state index contributed by atoms with van der Waals surface area (Å²) in [4.78, 5) is 0. The van der Waals surface area contributed by atoms with Gasteiger partial charge in [-0.15, -0.1) is 0 Å². The van der Waals surface area contributed by atoms with E-state index in [1.807, 2.05) is 45.0 Å². The number of benzene rings is 1. The molecule has 0 amide bonds. The molecule has 0 saturated heterocycles. The van der Waals surface area contributed by atoms with Crippen LogP contribution in [0.25, 0.3) is 0 Å². The molecule has 0 saturated carbocycles. The molecule has 4 N–H and O–H groups in total. The third-order valence-electron chi connectivity index (χ3n) is 3.91. The molecule has 3 nitrogen and oxygen atoms in total. The second kappa shape index (κ2) is 8.95. The van der Waals surface area contributed by atoms with Gasteiger partial charge in [0.2, 0.25) is 0 Å². The minimum absolute atomic E-state index is 0.000300. The third kappa shape index (κ3) is 5.46. The molecule has 1 rings (SSSR count). The molecule has 0 spiro atoms. The quantitative estimate of drug-likeness (QED) is 0.678. The van der Waals surface area contributed by atoms with E-state index in [4.69, 9.17) is 5.73 Å². The van der Waals surface area contributed by atoms with Gasteiger partial charge < -0.3 is 15.9 Å². The maximum absolute atomic E-state index is 10.5. The topological polar surface area (TPSA) is 66.5 Å². The summed E-state index contributed by atoms with van der Waals surface area (Å²) in [6.07, 6.45) is 2.58. The smallest absolute Gasteiger partial charge is 0.125 e. The van der Waals surface area contributed by atoms with Crippen LogP contribution in [0.5, 0.6) is 0 Å². The minimum atomic E-state index is -0.914. The van der Waals surface area contributed by atoms with Crippen molar-refractivity contribution in [1.82, 2.24) is 0 Å². The Bertz CT molecular complexity index is 510. The highest BCUT2D eigenvalue weighted by molar-refractivity contribution is 5.39. The minimum Gasteiger partial charge on any atom is -0.388 e. The molecule has 3 heteroatoms. The van der Waals surface area contributed by atoms with Crippen LogP contribution in [0.1, 0.15) is 63.7 Å². The maximum Gasteiger partial charge on any atom is 0.125 e. The molecule has 0 fully saturated rings. The van der Waals surface area contributed by atoms with Crippen LogP contribution in [-0.2, 0) is 0 Å². The molecular formula is C19H29NO2. The molecule has 0 aromatic heterocycles. The van der Waals surface area contributed by atoms with Crippen molar-refractivity contribution in [3.8, 4) is 11.8 Å². The van der Waals surface area contributed by atoms with E-state index in [1.165, 1.54) is 0 Å². The van der Waals surface area contributed by atoms with Crippen molar-refractivity contribution in [3.05, 3.63) is 35.4 Å². The van der Waals surface area contributed by atoms with E-state index < -0.39 is 11.7 Å². The van der Waals surface area contributed by atoms with Gasteiger partial charge in [0.15, 0.2) is 0 Å². The van der Waals surface area contributed by atoms with Crippen LogP contribution in [0.2, 0.25) is 0 Å². The number of aliphatic hydroxyl groups is 2. The third-order valence-corrected chi connectivity index (χ3v) is 3.91. The highest BCUT2D eigenvalue weighted by atomic mass is 16.3. The van der Waals surface area contributed by atoms with E-state index in [-0.39, 0.29) is 5.92 Å². The summed E-state index contributed by atoms with van der Waals surface area (Å²) in [6, 6.07) is 7.54. The summed E-state index contributed by atoms with van der Waals surface area (Å²) in [5, 5.41) is 20.8. The van der Waals surface area contributed by atoms with Crippen LogP contribution in [0.3, 0.4) is 0 Å². The fraction of sp³-hybridized carbons (Fsp3) is 0.579. The molecule has 0 aliphatic heterocycles. The van der Waals surface area contributed by atoms with E-state index >= 15 is 0 Å². The van der Waals surface area contributed by atoms with Crippen LogP contribution in [-0.4, -0.2) is 22.4 Å². The molecule has 1 aromatic carbocycles. The largest absolute Gasteiger partial charge is 0.388 e. The Morgan fingerprint density at radius 2 is 1.86 bits per heavy atom. The predicted octanol–water partition coefficient (Wildman–Crippen LogP) is 3.00. The van der Waals surface area contributed by atoms with Crippen LogP contribution < -0.4 is 5.73 Å². The van der Waals surface area contributed by atoms with E-state index in [0.29, 0.717) is 19.4 Å². The van der Waals surface area contributed by atoms with Crippen molar-refractivity contribution < 1.29 is 10.2 Å². The Morgan fingerprint density at radius 1 is 1.23 bits per heavy atom. The summed E-state index contributed by atoms with van der Waals surface area (Å²) in [7, 11) is 0. The zero-order chi connectivity index (χ0) is 16.6. The van der Waals surface area contributed by atoms with E-state index in [0.717, 1.165) is 24.0 Å². The lowest BCUT2D eigenvalue weighted by Crippen LogP contribution is -2.25. The molecule has 1 aromatic rings. The van der Waals surface area contributed by atoms with Gasteiger partial charge in [-0.2, -0.15) is 0 Å². The Hall–Kier alpha value is -1.34. The Morgan fingerprint density at radius 3 is 2.41 bits per heavy atom. The number of nitrogens with two attached hydrogens (primary N) is 1. The number of rotatable bonds is 7. The average Bonchev–Trinajstić information content (AvgIpc) is 2.52. The van der Waals surface area contributed by atoms with E-state index in [9.17, 15) is 10.2 Å². The first kappa shape index (κ1) is 18.7. The van der Waals surface area contributed by atoms with E-state index in [2.05, 4.69) is 11.8 Å². The lowest BCUT2D eigenvalue weighted by Gasteiger charge is -2.20. The molecule has 2 atom stereocenters. The summed E-state index contributed by atoms with van der Waals surface area (Å²) < 4.78 is 0. The van der Waals surface area contributed by atoms with Crippen LogP contribution in [0.4, 0.5) is 0 Å². The fourth-order valence-electron chi connectivity index (χ4n) is 2.52. The number of hydrogen-bond donors (Lipinski definition) is 3. The Labute approximate surface area is 134 Å². The van der Waals surface area contributed by atoms with Gasteiger partial charge in [0.1, 0.15) is 5.60 Å². The van der Waals surface area contributed by atoms with Crippen LogP contribution >= 0.6 is 0 Å². The van der Waals surface area contributed by atoms with Crippen molar-refractivity contribution in [2.45, 2.75) is 58.2 Å². The van der Waals surface area contributed by atoms with Gasteiger partial charge in [-0.1, -0.05) is 57.6 Å². The zero-order valence-corrected chi connectivity index (χ0v) is 14.0. The molecule has 22 heavy (non-hydrogen) atoms. The summed E-state index contributed by atoms with van der Waals surface area (Å²) >= 11 is 0. The number of aliphatic hydroxyl groups excluding tert-OH is 1. The van der Waals surface area contributed by atoms with Crippen molar-refractivity contribution in [2.75, 3.05) is 6.54 Å². The normalized spacial score (nSPS) is 14.1. The summed E-state index contributed by atoms with van der Waals surface area (Å²) in [5.41, 5.74) is 6.33. The first-order valence-electron chi connectivity index (χ1n) is 8.19. The van der Waals surface area contributed by atoms with Gasteiger partial charge in [0.05, 0.1) is 6.10 Å². The van der Waals surface area contributed by atoms with Crippen molar-refractivity contribution in [2.24, 2.45) is 11.7 Å². The fourth-order valence-corrected chi connectivity index (χ4v) is 2.52. The highest BCUT2D eigenvalue weighted by Gasteiger charge is 2.21. The van der Waals surface area contributed by atoms with Crippen molar-refractivity contribution >= 4 is 0 Å². The SMILES string of the molecule is CCCC(O)(C#Cc1cccc(C(O)C(C)CN)c1)CCC. The van der Waals surface area contributed by atoms with Crippen LogP contribution in [0, 0.1) is 17.8 Å². The van der Waals surface area contributed by atoms with Gasteiger partial charge in [-0.25, -0.2) is 0 Å². The highest BCUT2D eigenvalue weighted by Crippen LogP contribution is 2.22. The molecule has 0 bridgehead atoms. The van der Waals surface area contributed by atoms with Gasteiger partial charge in [0, 0.05) is 5.56 Å². The first-order valence-corrected chi connectivity index (χ1v) is 8.19. The van der Waals surface area contributed by atoms with Crippen molar-refractivity contribution in [1.29, 1.82) is 0 Å². The maximum atomic E-state index is 10.5. The standard InChI is InChI=1S/C19H29NO2/c1-4-10-19(22,11-5-2)12-9-16-7-6-8-17(13-16)18(21)15(3)14-20/h6-8,13,15,18,21-22H,4-5,10-11,14,20H2,1-3H3. The van der Waals surface area contributed by atoms with Crippen LogP contribution in [0.15, 0.2) is 24.3 Å². The van der Waals surface area contributed by atoms with Gasteiger partial charge in [-0.05, 0) is 43.0 Å². The van der Waals surface area contributed by atoms with Crippen molar-refractivity contribution in [3.63, 3.8) is 0 Å². The molecule has 0 aliphatic carbocycles. The molecule has 122 valence electrons. The monoisotopic (exact) mass is 303 g/mol. The lowest BCUT2D eigenvalue weighted by atomic mass is 9.92. The molecule has 2 unspecified atom stereocenters.